The number of pyridine rings is 1. The molecule has 0 saturated heterocycles. The summed E-state index contributed by atoms with van der Waals surface area (Å²) >= 11 is 0. The van der Waals surface area contributed by atoms with Crippen molar-refractivity contribution in [1.82, 2.24) is 4.98 Å². The number of ketones is 1. The van der Waals surface area contributed by atoms with Crippen molar-refractivity contribution in [2.75, 3.05) is 19.5 Å². The van der Waals surface area contributed by atoms with Crippen LogP contribution < -0.4 is 14.8 Å². The molecule has 4 rings (SSSR count). The molecule has 0 aliphatic rings. The molecule has 0 spiro atoms. The van der Waals surface area contributed by atoms with Crippen LogP contribution in [0.2, 0.25) is 0 Å². The maximum absolute atomic E-state index is 13.7. The van der Waals surface area contributed by atoms with Gasteiger partial charge in [-0.1, -0.05) is 6.07 Å². The van der Waals surface area contributed by atoms with Crippen LogP contribution >= 0.6 is 0 Å². The Labute approximate surface area is 179 Å². The third-order valence-corrected chi connectivity index (χ3v) is 5.11. The van der Waals surface area contributed by atoms with Crippen LogP contribution in [0.4, 0.5) is 11.6 Å². The number of methoxy groups -OCH3 is 2. The fourth-order valence-corrected chi connectivity index (χ4v) is 3.56. The Bertz CT molecular complexity index is 1280. The molecule has 0 fully saturated rings. The minimum Gasteiger partial charge on any atom is -0.504 e. The first-order valence-electron chi connectivity index (χ1n) is 9.64. The summed E-state index contributed by atoms with van der Waals surface area (Å²) in [5, 5.41) is 14.1. The molecule has 7 heteroatoms. The second-order valence-electron chi connectivity index (χ2n) is 7.14. The maximum atomic E-state index is 13.7. The summed E-state index contributed by atoms with van der Waals surface area (Å²) in [5.41, 5.74) is 3.02. The van der Waals surface area contributed by atoms with E-state index in [-0.39, 0.29) is 23.0 Å². The Hall–Kier alpha value is -4.00. The number of nitrogens with zero attached hydrogens (tertiary/aromatic N) is 1. The smallest absolute Gasteiger partial charge is 0.210 e. The van der Waals surface area contributed by atoms with Crippen molar-refractivity contribution in [2.45, 2.75) is 13.8 Å². The summed E-state index contributed by atoms with van der Waals surface area (Å²) in [4.78, 5) is 17.7. The standard InChI is InChI=1S/C24H22N2O5/c1-13-7-8-17-19(21(28)15-10-14(2)22(30-4)18(11-15)29-3)24(31-23(17)20(13)27)26-16-6-5-9-25-12-16/h5-12,26-27H,1-4H3. The summed E-state index contributed by atoms with van der Waals surface area (Å²) in [6.45, 7) is 3.61. The molecule has 31 heavy (non-hydrogen) atoms. The fourth-order valence-electron chi connectivity index (χ4n) is 3.56. The third kappa shape index (κ3) is 3.54. The lowest BCUT2D eigenvalue weighted by atomic mass is 9.98. The van der Waals surface area contributed by atoms with Gasteiger partial charge in [0.25, 0.3) is 0 Å². The van der Waals surface area contributed by atoms with Crippen molar-refractivity contribution in [3.63, 3.8) is 0 Å². The number of rotatable bonds is 6. The van der Waals surface area contributed by atoms with Crippen LogP contribution in [0.5, 0.6) is 17.2 Å². The number of anilines is 2. The first-order chi connectivity index (χ1) is 14.9. The highest BCUT2D eigenvalue weighted by atomic mass is 16.5. The normalized spacial score (nSPS) is 10.8. The van der Waals surface area contributed by atoms with Crippen molar-refractivity contribution < 1.29 is 23.8 Å². The quantitative estimate of drug-likeness (QED) is 0.419. The molecule has 0 saturated carbocycles. The van der Waals surface area contributed by atoms with E-state index < -0.39 is 0 Å². The summed E-state index contributed by atoms with van der Waals surface area (Å²) in [5.74, 6) is 0.963. The molecule has 0 radical (unpaired) electrons. The molecule has 7 nitrogen and oxygen atoms in total. The van der Waals surface area contributed by atoms with Crippen LogP contribution in [0.3, 0.4) is 0 Å². The predicted octanol–water partition coefficient (Wildman–Crippen LogP) is 5.14. The van der Waals surface area contributed by atoms with Crippen molar-refractivity contribution in [1.29, 1.82) is 0 Å². The van der Waals surface area contributed by atoms with E-state index in [0.29, 0.717) is 39.3 Å². The molecule has 2 N–H and O–H groups in total. The monoisotopic (exact) mass is 418 g/mol. The number of carbonyl (C=O) groups is 1. The van der Waals surface area contributed by atoms with Gasteiger partial charge in [-0.15, -0.1) is 0 Å². The highest BCUT2D eigenvalue weighted by Crippen LogP contribution is 2.40. The molecule has 4 aromatic rings. The molecular formula is C24H22N2O5. The van der Waals surface area contributed by atoms with E-state index in [1.165, 1.54) is 7.11 Å². The molecule has 2 aromatic heterocycles. The lowest BCUT2D eigenvalue weighted by molar-refractivity contribution is 0.104. The molecule has 0 unspecified atom stereocenters. The van der Waals surface area contributed by atoms with Crippen LogP contribution in [0.25, 0.3) is 11.0 Å². The van der Waals surface area contributed by atoms with Gasteiger partial charge in [0, 0.05) is 17.1 Å². The number of carbonyl (C=O) groups excluding carboxylic acids is 1. The Kier molecular flexibility index (Phi) is 5.25. The number of aryl methyl sites for hydroxylation is 2. The molecule has 0 amide bonds. The number of hydrogen-bond acceptors (Lipinski definition) is 7. The van der Waals surface area contributed by atoms with Crippen LogP contribution in [-0.4, -0.2) is 30.1 Å². The highest BCUT2D eigenvalue weighted by Gasteiger charge is 2.26. The number of fused-ring (bicyclic) bond motifs is 1. The van der Waals surface area contributed by atoms with E-state index in [2.05, 4.69) is 10.3 Å². The number of phenols is 1. The Balaban J connectivity index is 1.91. The zero-order valence-corrected chi connectivity index (χ0v) is 17.6. The zero-order valence-electron chi connectivity index (χ0n) is 17.6. The van der Waals surface area contributed by atoms with E-state index in [1.54, 1.807) is 62.8 Å². The van der Waals surface area contributed by atoms with Crippen molar-refractivity contribution in [3.8, 4) is 17.2 Å². The van der Waals surface area contributed by atoms with Crippen LogP contribution in [0, 0.1) is 13.8 Å². The largest absolute Gasteiger partial charge is 0.504 e. The van der Waals surface area contributed by atoms with Crippen molar-refractivity contribution in [2.24, 2.45) is 0 Å². The summed E-state index contributed by atoms with van der Waals surface area (Å²) in [6, 6.07) is 10.5. The molecule has 0 atom stereocenters. The molecule has 2 heterocycles. The van der Waals surface area contributed by atoms with E-state index in [1.807, 2.05) is 6.92 Å². The van der Waals surface area contributed by atoms with E-state index >= 15 is 0 Å². The number of furan rings is 1. The summed E-state index contributed by atoms with van der Waals surface area (Å²) < 4.78 is 16.7. The third-order valence-electron chi connectivity index (χ3n) is 5.11. The number of aromatic hydroxyl groups is 1. The Morgan fingerprint density at radius 3 is 2.58 bits per heavy atom. The number of hydrogen-bond donors (Lipinski definition) is 2. The SMILES string of the molecule is COc1cc(C(=O)c2c(Nc3cccnc3)oc3c(O)c(C)ccc23)cc(C)c1OC. The molecular weight excluding hydrogens is 396 g/mol. The number of aromatic nitrogens is 1. The summed E-state index contributed by atoms with van der Waals surface area (Å²) in [7, 11) is 3.08. The summed E-state index contributed by atoms with van der Waals surface area (Å²) in [6.07, 6.45) is 3.27. The number of phenolic OH excluding ortho intramolecular Hbond substituents is 1. The molecule has 0 aliphatic carbocycles. The van der Waals surface area contributed by atoms with Crippen LogP contribution in [-0.2, 0) is 0 Å². The topological polar surface area (TPSA) is 93.8 Å². The zero-order chi connectivity index (χ0) is 22.1. The van der Waals surface area contributed by atoms with Gasteiger partial charge in [-0.25, -0.2) is 0 Å². The molecule has 2 aromatic carbocycles. The lowest BCUT2D eigenvalue weighted by Gasteiger charge is -2.13. The average molecular weight is 418 g/mol. The lowest BCUT2D eigenvalue weighted by Crippen LogP contribution is -2.06. The van der Waals surface area contributed by atoms with Gasteiger partial charge in [-0.05, 0) is 55.3 Å². The van der Waals surface area contributed by atoms with Gasteiger partial charge in [-0.3, -0.25) is 9.78 Å². The molecule has 0 bridgehead atoms. The minimum absolute atomic E-state index is 0.00530. The van der Waals surface area contributed by atoms with Gasteiger partial charge in [-0.2, -0.15) is 0 Å². The van der Waals surface area contributed by atoms with E-state index in [0.717, 1.165) is 5.56 Å². The van der Waals surface area contributed by atoms with Gasteiger partial charge in [0.1, 0.15) is 0 Å². The second kappa shape index (κ2) is 8.02. The highest BCUT2D eigenvalue weighted by molar-refractivity contribution is 6.20. The van der Waals surface area contributed by atoms with Gasteiger partial charge in [0.15, 0.2) is 28.6 Å². The predicted molar refractivity (Wildman–Crippen MR) is 118 cm³/mol. The first kappa shape index (κ1) is 20.3. The number of ether oxygens (including phenoxy) is 2. The number of benzene rings is 2. The van der Waals surface area contributed by atoms with E-state index in [4.69, 9.17) is 13.9 Å². The Morgan fingerprint density at radius 2 is 1.90 bits per heavy atom. The maximum Gasteiger partial charge on any atom is 0.210 e. The molecule has 0 aliphatic heterocycles. The first-order valence-corrected chi connectivity index (χ1v) is 9.64. The van der Waals surface area contributed by atoms with Gasteiger partial charge in [0.05, 0.1) is 31.7 Å². The number of nitrogens with one attached hydrogen (secondary N) is 1. The minimum atomic E-state index is -0.280. The average Bonchev–Trinajstić information content (AvgIpc) is 3.14. The van der Waals surface area contributed by atoms with Crippen LogP contribution in [0.1, 0.15) is 27.0 Å². The Morgan fingerprint density at radius 1 is 1.10 bits per heavy atom. The molecule has 158 valence electrons. The van der Waals surface area contributed by atoms with Gasteiger partial charge in [0.2, 0.25) is 5.88 Å². The van der Waals surface area contributed by atoms with Crippen molar-refractivity contribution in [3.05, 3.63) is 71.0 Å². The van der Waals surface area contributed by atoms with Gasteiger partial charge >= 0.3 is 0 Å². The second-order valence-corrected chi connectivity index (χ2v) is 7.14. The van der Waals surface area contributed by atoms with Gasteiger partial charge < -0.3 is 24.3 Å². The van der Waals surface area contributed by atoms with E-state index in [9.17, 15) is 9.90 Å². The van der Waals surface area contributed by atoms with Crippen LogP contribution in [0.15, 0.2) is 53.2 Å². The fraction of sp³-hybridized carbons (Fsp3) is 0.167. The van der Waals surface area contributed by atoms with Crippen molar-refractivity contribution >= 4 is 28.3 Å².